The molecule has 2 amide bonds. The van der Waals surface area contributed by atoms with E-state index in [1.807, 2.05) is 24.3 Å². The monoisotopic (exact) mass is 461 g/mol. The van der Waals surface area contributed by atoms with Crippen LogP contribution in [0.2, 0.25) is 0 Å². The highest BCUT2D eigenvalue weighted by atomic mass is 127. The minimum absolute atomic E-state index is 0.161. The standard InChI is InChI=1S/C20H20IN3O2/c1-2-3-7-12-24-17-11-10-15(21)13-16(17)18(20(24)26)22-23-19(25)14-8-5-4-6-9-14/h4-6,8-11,13H,2-3,7,12H2,1H3,(H,23,25)/b22-18-. The predicted molar refractivity (Wildman–Crippen MR) is 111 cm³/mol. The van der Waals surface area contributed by atoms with E-state index in [-0.39, 0.29) is 11.8 Å². The molecule has 0 aliphatic carbocycles. The van der Waals surface area contributed by atoms with Crippen molar-refractivity contribution in [2.75, 3.05) is 11.4 Å². The lowest BCUT2D eigenvalue weighted by atomic mass is 10.1. The van der Waals surface area contributed by atoms with Crippen molar-refractivity contribution in [3.05, 3.63) is 63.2 Å². The summed E-state index contributed by atoms with van der Waals surface area (Å²) in [6.07, 6.45) is 3.10. The van der Waals surface area contributed by atoms with E-state index in [1.54, 1.807) is 29.2 Å². The van der Waals surface area contributed by atoms with E-state index in [1.165, 1.54) is 0 Å². The van der Waals surface area contributed by atoms with Crippen molar-refractivity contribution >= 4 is 45.8 Å². The van der Waals surface area contributed by atoms with Crippen molar-refractivity contribution in [2.24, 2.45) is 5.10 Å². The number of unbranched alkanes of at least 4 members (excludes halogenated alkanes) is 2. The molecule has 1 N–H and O–H groups in total. The number of halogens is 1. The normalized spacial score (nSPS) is 14.6. The molecule has 1 aliphatic rings. The van der Waals surface area contributed by atoms with Gasteiger partial charge in [-0.1, -0.05) is 38.0 Å². The Hall–Kier alpha value is -2.22. The Morgan fingerprint density at radius 3 is 2.65 bits per heavy atom. The Kier molecular flexibility index (Phi) is 6.03. The molecule has 0 atom stereocenters. The fraction of sp³-hybridized carbons (Fsp3) is 0.250. The van der Waals surface area contributed by atoms with Crippen molar-refractivity contribution in [1.82, 2.24) is 5.43 Å². The highest BCUT2D eigenvalue weighted by Crippen LogP contribution is 2.31. The summed E-state index contributed by atoms with van der Waals surface area (Å²) in [6, 6.07) is 14.7. The van der Waals surface area contributed by atoms with Gasteiger partial charge in [0.2, 0.25) is 0 Å². The number of nitrogens with zero attached hydrogens (tertiary/aromatic N) is 2. The van der Waals surface area contributed by atoms with Crippen LogP contribution in [0.4, 0.5) is 5.69 Å². The Labute approximate surface area is 166 Å². The van der Waals surface area contributed by atoms with Crippen LogP contribution in [0.25, 0.3) is 0 Å². The Balaban J connectivity index is 1.86. The van der Waals surface area contributed by atoms with Crippen LogP contribution in [0.1, 0.15) is 42.1 Å². The van der Waals surface area contributed by atoms with Crippen LogP contribution >= 0.6 is 22.6 Å². The van der Waals surface area contributed by atoms with E-state index >= 15 is 0 Å². The van der Waals surface area contributed by atoms with Crippen LogP contribution in [0.15, 0.2) is 53.6 Å². The van der Waals surface area contributed by atoms with Gasteiger partial charge in [-0.25, -0.2) is 5.43 Å². The Morgan fingerprint density at radius 1 is 1.15 bits per heavy atom. The lowest BCUT2D eigenvalue weighted by Crippen LogP contribution is -2.32. The Morgan fingerprint density at radius 2 is 1.92 bits per heavy atom. The van der Waals surface area contributed by atoms with Gasteiger partial charge in [-0.2, -0.15) is 5.10 Å². The molecule has 0 aromatic heterocycles. The second kappa shape index (κ2) is 8.44. The van der Waals surface area contributed by atoms with Crippen molar-refractivity contribution in [2.45, 2.75) is 26.2 Å². The number of carbonyl (C=O) groups excluding carboxylic acids is 2. The van der Waals surface area contributed by atoms with Gasteiger partial charge < -0.3 is 4.90 Å². The molecule has 0 spiro atoms. The first-order valence-electron chi connectivity index (χ1n) is 8.66. The second-order valence-corrected chi connectivity index (χ2v) is 7.34. The van der Waals surface area contributed by atoms with E-state index in [9.17, 15) is 9.59 Å². The average Bonchev–Trinajstić information content (AvgIpc) is 2.91. The Bertz CT molecular complexity index is 849. The van der Waals surface area contributed by atoms with Crippen LogP contribution < -0.4 is 10.3 Å². The lowest BCUT2D eigenvalue weighted by molar-refractivity contribution is -0.112. The van der Waals surface area contributed by atoms with E-state index < -0.39 is 0 Å². The molecule has 0 radical (unpaired) electrons. The molecule has 3 rings (SSSR count). The van der Waals surface area contributed by atoms with Gasteiger partial charge in [-0.3, -0.25) is 9.59 Å². The van der Waals surface area contributed by atoms with Gasteiger partial charge in [-0.05, 0) is 59.3 Å². The maximum absolute atomic E-state index is 12.9. The number of nitrogens with one attached hydrogen (secondary N) is 1. The first-order valence-corrected chi connectivity index (χ1v) is 9.74. The van der Waals surface area contributed by atoms with E-state index in [0.717, 1.165) is 34.1 Å². The van der Waals surface area contributed by atoms with Gasteiger partial charge in [0.05, 0.1) is 5.69 Å². The molecule has 5 nitrogen and oxygen atoms in total. The molecule has 0 fully saturated rings. The molecule has 134 valence electrons. The number of amides is 2. The largest absolute Gasteiger partial charge is 0.306 e. The highest BCUT2D eigenvalue weighted by Gasteiger charge is 2.34. The number of fused-ring (bicyclic) bond motifs is 1. The molecule has 2 aromatic carbocycles. The predicted octanol–water partition coefficient (Wildman–Crippen LogP) is 3.96. The molecule has 2 aromatic rings. The van der Waals surface area contributed by atoms with Gasteiger partial charge in [0.1, 0.15) is 0 Å². The summed E-state index contributed by atoms with van der Waals surface area (Å²) in [5.74, 6) is -0.492. The number of anilines is 1. The molecule has 0 unspecified atom stereocenters. The van der Waals surface area contributed by atoms with Crippen LogP contribution in [0.5, 0.6) is 0 Å². The third-order valence-corrected chi connectivity index (χ3v) is 4.91. The summed E-state index contributed by atoms with van der Waals surface area (Å²) < 4.78 is 1.02. The number of hydrazone groups is 1. The smallest absolute Gasteiger partial charge is 0.279 e. The fourth-order valence-corrected chi connectivity index (χ4v) is 3.39. The number of hydrogen-bond donors (Lipinski definition) is 1. The topological polar surface area (TPSA) is 61.8 Å². The minimum Gasteiger partial charge on any atom is -0.306 e. The quantitative estimate of drug-likeness (QED) is 0.402. The van der Waals surface area contributed by atoms with Crippen molar-refractivity contribution in [1.29, 1.82) is 0 Å². The van der Waals surface area contributed by atoms with Crippen molar-refractivity contribution < 1.29 is 9.59 Å². The van der Waals surface area contributed by atoms with E-state index in [2.05, 4.69) is 40.0 Å². The van der Waals surface area contributed by atoms with Crippen molar-refractivity contribution in [3.8, 4) is 0 Å². The fourth-order valence-electron chi connectivity index (χ4n) is 2.90. The maximum atomic E-state index is 12.9. The third-order valence-electron chi connectivity index (χ3n) is 4.24. The number of carbonyl (C=O) groups is 2. The highest BCUT2D eigenvalue weighted by molar-refractivity contribution is 14.1. The molecule has 0 bridgehead atoms. The number of benzene rings is 2. The third kappa shape index (κ3) is 3.95. The summed E-state index contributed by atoms with van der Waals surface area (Å²) in [7, 11) is 0. The van der Waals surface area contributed by atoms with Crippen LogP contribution in [-0.2, 0) is 4.79 Å². The summed E-state index contributed by atoms with van der Waals surface area (Å²) in [4.78, 5) is 26.9. The zero-order valence-corrected chi connectivity index (χ0v) is 16.7. The number of rotatable bonds is 6. The summed E-state index contributed by atoms with van der Waals surface area (Å²) >= 11 is 2.21. The van der Waals surface area contributed by atoms with Crippen LogP contribution in [0.3, 0.4) is 0 Å². The lowest BCUT2D eigenvalue weighted by Gasteiger charge is -2.16. The molecular formula is C20H20IN3O2. The second-order valence-electron chi connectivity index (χ2n) is 6.09. The molecule has 26 heavy (non-hydrogen) atoms. The zero-order valence-electron chi connectivity index (χ0n) is 14.5. The van der Waals surface area contributed by atoms with Gasteiger partial charge in [0.15, 0.2) is 5.71 Å². The molecule has 1 heterocycles. The SMILES string of the molecule is CCCCCN1C(=O)/C(=N\NC(=O)c2ccccc2)c2cc(I)ccc21. The van der Waals surface area contributed by atoms with Gasteiger partial charge >= 0.3 is 0 Å². The van der Waals surface area contributed by atoms with E-state index in [0.29, 0.717) is 17.8 Å². The van der Waals surface area contributed by atoms with Crippen LogP contribution in [-0.4, -0.2) is 24.1 Å². The summed E-state index contributed by atoms with van der Waals surface area (Å²) in [6.45, 7) is 2.79. The molecule has 6 heteroatoms. The molecule has 0 saturated carbocycles. The average molecular weight is 461 g/mol. The van der Waals surface area contributed by atoms with Gasteiger partial charge in [-0.15, -0.1) is 0 Å². The minimum atomic E-state index is -0.331. The zero-order chi connectivity index (χ0) is 18.5. The van der Waals surface area contributed by atoms with Crippen molar-refractivity contribution in [3.63, 3.8) is 0 Å². The van der Waals surface area contributed by atoms with Crippen LogP contribution in [0, 0.1) is 3.57 Å². The molecular weight excluding hydrogens is 441 g/mol. The maximum Gasteiger partial charge on any atom is 0.279 e. The first kappa shape index (κ1) is 18.6. The van der Waals surface area contributed by atoms with Gasteiger partial charge in [0, 0.05) is 21.2 Å². The summed E-state index contributed by atoms with van der Waals surface area (Å²) in [5.41, 5.74) is 4.94. The van der Waals surface area contributed by atoms with Gasteiger partial charge in [0.25, 0.3) is 11.8 Å². The van der Waals surface area contributed by atoms with E-state index in [4.69, 9.17) is 0 Å². The number of hydrogen-bond acceptors (Lipinski definition) is 3. The molecule has 1 aliphatic heterocycles. The molecule has 0 saturated heterocycles. The first-order chi connectivity index (χ1) is 12.6. The summed E-state index contributed by atoms with van der Waals surface area (Å²) in [5, 5.41) is 4.16.